The van der Waals surface area contributed by atoms with Crippen molar-refractivity contribution in [3.8, 4) is 0 Å². The summed E-state index contributed by atoms with van der Waals surface area (Å²) < 4.78 is 5.07. The van der Waals surface area contributed by atoms with E-state index in [9.17, 15) is 19.2 Å². The number of nitrogens with one attached hydrogen (secondary N) is 2. The van der Waals surface area contributed by atoms with Crippen LogP contribution in [0.3, 0.4) is 0 Å². The zero-order chi connectivity index (χ0) is 22.5. The number of benzene rings is 2. The van der Waals surface area contributed by atoms with Crippen LogP contribution in [0.4, 0.5) is 16.2 Å². The molecular formula is C23H25N3O5. The third kappa shape index (κ3) is 5.48. The van der Waals surface area contributed by atoms with E-state index in [2.05, 4.69) is 10.6 Å². The highest BCUT2D eigenvalue weighted by atomic mass is 16.5. The van der Waals surface area contributed by atoms with E-state index in [1.54, 1.807) is 42.5 Å². The Morgan fingerprint density at radius 1 is 0.968 bits per heavy atom. The number of fused-ring (bicyclic) bond motifs is 1. The van der Waals surface area contributed by atoms with E-state index in [0.717, 1.165) is 10.5 Å². The van der Waals surface area contributed by atoms with Crippen molar-refractivity contribution in [1.82, 2.24) is 4.90 Å². The zero-order valence-electron chi connectivity index (χ0n) is 17.7. The molecule has 0 bridgehead atoms. The van der Waals surface area contributed by atoms with Crippen molar-refractivity contribution < 1.29 is 23.9 Å². The van der Waals surface area contributed by atoms with Gasteiger partial charge in [-0.05, 0) is 43.2 Å². The fourth-order valence-electron chi connectivity index (χ4n) is 3.12. The molecule has 0 saturated carbocycles. The van der Waals surface area contributed by atoms with Gasteiger partial charge in [0.1, 0.15) is 0 Å². The first-order valence-electron chi connectivity index (χ1n) is 10.0. The van der Waals surface area contributed by atoms with Crippen LogP contribution < -0.4 is 10.6 Å². The summed E-state index contributed by atoms with van der Waals surface area (Å²) >= 11 is 0. The van der Waals surface area contributed by atoms with Gasteiger partial charge in [0.2, 0.25) is 5.91 Å². The predicted molar refractivity (Wildman–Crippen MR) is 116 cm³/mol. The van der Waals surface area contributed by atoms with Crippen LogP contribution in [0.2, 0.25) is 0 Å². The van der Waals surface area contributed by atoms with Crippen LogP contribution in [0.25, 0.3) is 0 Å². The van der Waals surface area contributed by atoms with Gasteiger partial charge < -0.3 is 10.1 Å². The monoisotopic (exact) mass is 423 g/mol. The third-order valence-electron chi connectivity index (χ3n) is 4.63. The Hall–Kier alpha value is -3.68. The largest absolute Gasteiger partial charge is 0.449 e. The highest BCUT2D eigenvalue weighted by Crippen LogP contribution is 2.24. The Bertz CT molecular complexity index is 1030. The van der Waals surface area contributed by atoms with Crippen LogP contribution in [-0.4, -0.2) is 41.9 Å². The van der Waals surface area contributed by atoms with Crippen molar-refractivity contribution in [2.45, 2.75) is 27.2 Å². The third-order valence-corrected chi connectivity index (χ3v) is 4.63. The summed E-state index contributed by atoms with van der Waals surface area (Å²) in [5, 5.41) is 5.31. The molecule has 2 N–H and O–H groups in total. The highest BCUT2D eigenvalue weighted by molar-refractivity contribution is 6.21. The van der Waals surface area contributed by atoms with Gasteiger partial charge in [-0.1, -0.05) is 31.5 Å². The molecule has 0 saturated heterocycles. The molecule has 162 valence electrons. The van der Waals surface area contributed by atoms with Crippen LogP contribution in [0, 0.1) is 12.8 Å². The van der Waals surface area contributed by atoms with Gasteiger partial charge in [0.15, 0.2) is 0 Å². The maximum Gasteiger partial charge on any atom is 0.411 e. The van der Waals surface area contributed by atoms with Crippen LogP contribution in [0.5, 0.6) is 0 Å². The lowest BCUT2D eigenvalue weighted by Gasteiger charge is -2.14. The normalized spacial score (nSPS) is 12.7. The Balaban J connectivity index is 1.54. The second kappa shape index (κ2) is 9.42. The Labute approximate surface area is 180 Å². The topological polar surface area (TPSA) is 105 Å². The van der Waals surface area contributed by atoms with Crippen molar-refractivity contribution in [1.29, 1.82) is 0 Å². The SMILES string of the molecule is Cc1ccc2c(c1)C(=O)N(CCC(=O)Nc1cccc(NC(=O)OCC(C)C)c1)C2=O. The Kier molecular flexibility index (Phi) is 6.69. The summed E-state index contributed by atoms with van der Waals surface area (Å²) in [5.74, 6) is -0.906. The summed E-state index contributed by atoms with van der Waals surface area (Å²) in [5.41, 5.74) is 2.57. The molecule has 8 nitrogen and oxygen atoms in total. The summed E-state index contributed by atoms with van der Waals surface area (Å²) in [7, 11) is 0. The number of hydrogen-bond donors (Lipinski definition) is 2. The highest BCUT2D eigenvalue weighted by Gasteiger charge is 2.35. The molecule has 4 amide bonds. The first-order chi connectivity index (χ1) is 14.7. The van der Waals surface area contributed by atoms with E-state index >= 15 is 0 Å². The molecule has 1 aliphatic heterocycles. The Morgan fingerprint density at radius 2 is 1.65 bits per heavy atom. The minimum absolute atomic E-state index is 0.0172. The average Bonchev–Trinajstić information content (AvgIpc) is 2.94. The van der Waals surface area contributed by atoms with Crippen LogP contribution >= 0.6 is 0 Å². The number of aryl methyl sites for hydroxylation is 1. The van der Waals surface area contributed by atoms with Gasteiger partial charge in [0, 0.05) is 24.3 Å². The van der Waals surface area contributed by atoms with Crippen molar-refractivity contribution in [2.24, 2.45) is 5.92 Å². The zero-order valence-corrected chi connectivity index (χ0v) is 17.7. The fourth-order valence-corrected chi connectivity index (χ4v) is 3.12. The molecular weight excluding hydrogens is 398 g/mol. The Morgan fingerprint density at radius 3 is 2.35 bits per heavy atom. The van der Waals surface area contributed by atoms with Crippen molar-refractivity contribution in [3.05, 3.63) is 59.2 Å². The van der Waals surface area contributed by atoms with E-state index < -0.39 is 6.09 Å². The molecule has 1 heterocycles. The standard InChI is InChI=1S/C23H25N3O5/c1-14(2)13-31-23(30)25-17-6-4-5-16(12-17)24-20(27)9-10-26-21(28)18-8-7-15(3)11-19(18)22(26)29/h4-8,11-12,14H,9-10,13H2,1-3H3,(H,24,27)(H,25,30). The lowest BCUT2D eigenvalue weighted by molar-refractivity contribution is -0.116. The molecule has 1 aliphatic rings. The number of rotatable bonds is 7. The molecule has 31 heavy (non-hydrogen) atoms. The summed E-state index contributed by atoms with van der Waals surface area (Å²) in [4.78, 5) is 50.2. The van der Waals surface area contributed by atoms with Gasteiger partial charge in [-0.3, -0.25) is 24.6 Å². The molecule has 0 radical (unpaired) electrons. The summed E-state index contributed by atoms with van der Waals surface area (Å²) in [6.07, 6.45) is -0.614. The summed E-state index contributed by atoms with van der Waals surface area (Å²) in [6.45, 7) is 6.01. The number of anilines is 2. The van der Waals surface area contributed by atoms with E-state index in [1.807, 2.05) is 20.8 Å². The van der Waals surface area contributed by atoms with Crippen molar-refractivity contribution in [2.75, 3.05) is 23.8 Å². The summed E-state index contributed by atoms with van der Waals surface area (Å²) in [6, 6.07) is 11.7. The molecule has 2 aromatic carbocycles. The molecule has 0 atom stereocenters. The number of hydrogen-bond acceptors (Lipinski definition) is 5. The number of carbonyl (C=O) groups is 4. The van der Waals surface area contributed by atoms with Gasteiger partial charge in [-0.15, -0.1) is 0 Å². The number of imide groups is 1. The molecule has 8 heteroatoms. The number of ether oxygens (including phenoxy) is 1. The van der Waals surface area contributed by atoms with Crippen LogP contribution in [0.1, 0.15) is 46.5 Å². The number of carbonyl (C=O) groups excluding carboxylic acids is 4. The van der Waals surface area contributed by atoms with Gasteiger partial charge in [-0.25, -0.2) is 4.79 Å². The van der Waals surface area contributed by atoms with Gasteiger partial charge in [0.25, 0.3) is 11.8 Å². The first kappa shape index (κ1) is 22.0. The minimum Gasteiger partial charge on any atom is -0.449 e. The van der Waals surface area contributed by atoms with E-state index in [1.165, 1.54) is 0 Å². The average molecular weight is 423 g/mol. The molecule has 0 fully saturated rings. The molecule has 0 aliphatic carbocycles. The van der Waals surface area contributed by atoms with Gasteiger partial charge >= 0.3 is 6.09 Å². The van der Waals surface area contributed by atoms with Crippen LogP contribution in [-0.2, 0) is 9.53 Å². The van der Waals surface area contributed by atoms with Crippen molar-refractivity contribution >= 4 is 35.2 Å². The maximum absolute atomic E-state index is 12.5. The molecule has 0 spiro atoms. The molecule has 2 aromatic rings. The lowest BCUT2D eigenvalue weighted by Crippen LogP contribution is -2.32. The van der Waals surface area contributed by atoms with Gasteiger partial charge in [0.05, 0.1) is 17.7 Å². The van der Waals surface area contributed by atoms with E-state index in [0.29, 0.717) is 29.1 Å². The predicted octanol–water partition coefficient (Wildman–Crippen LogP) is 3.82. The van der Waals surface area contributed by atoms with Gasteiger partial charge in [-0.2, -0.15) is 0 Å². The number of nitrogens with zero attached hydrogens (tertiary/aromatic N) is 1. The molecule has 3 rings (SSSR count). The van der Waals surface area contributed by atoms with E-state index in [4.69, 9.17) is 4.74 Å². The quantitative estimate of drug-likeness (QED) is 0.659. The molecule has 0 aromatic heterocycles. The second-order valence-electron chi connectivity index (χ2n) is 7.81. The lowest BCUT2D eigenvalue weighted by atomic mass is 10.1. The van der Waals surface area contributed by atoms with E-state index in [-0.39, 0.29) is 36.6 Å². The second-order valence-corrected chi connectivity index (χ2v) is 7.81. The van der Waals surface area contributed by atoms with Crippen molar-refractivity contribution in [3.63, 3.8) is 0 Å². The number of amides is 4. The fraction of sp³-hybridized carbons (Fsp3) is 0.304. The first-order valence-corrected chi connectivity index (χ1v) is 10.0. The molecule has 0 unspecified atom stereocenters. The smallest absolute Gasteiger partial charge is 0.411 e. The maximum atomic E-state index is 12.5. The minimum atomic E-state index is -0.571. The van der Waals surface area contributed by atoms with Crippen LogP contribution in [0.15, 0.2) is 42.5 Å².